The van der Waals surface area contributed by atoms with Crippen molar-refractivity contribution in [2.24, 2.45) is 4.99 Å². The van der Waals surface area contributed by atoms with Gasteiger partial charge in [0.2, 0.25) is 0 Å². The van der Waals surface area contributed by atoms with Crippen LogP contribution in [-0.2, 0) is 0 Å². The maximum absolute atomic E-state index is 12.3. The van der Waals surface area contributed by atoms with Crippen molar-refractivity contribution in [3.63, 3.8) is 0 Å². The van der Waals surface area contributed by atoms with Gasteiger partial charge in [0, 0.05) is 6.20 Å². The Morgan fingerprint density at radius 3 is 2.43 bits per heavy atom. The Bertz CT molecular complexity index is 253. The Balaban J connectivity index is 4.85. The first-order valence-corrected chi connectivity index (χ1v) is 4.40. The van der Waals surface area contributed by atoms with E-state index in [0.29, 0.717) is 12.6 Å². The Morgan fingerprint density at radius 2 is 2.07 bits per heavy atom. The molecule has 0 atom stereocenters. The molecular weight excluding hydrogens is 215 g/mol. The van der Waals surface area contributed by atoms with Crippen molar-refractivity contribution in [3.05, 3.63) is 22.9 Å². The number of hydrogen-bond donors (Lipinski definition) is 0. The lowest BCUT2D eigenvalue weighted by atomic mass is 10.2. The zero-order valence-electron chi connectivity index (χ0n) is 7.74. The fourth-order valence-electron chi connectivity index (χ4n) is 0.743. The Kier molecular flexibility index (Phi) is 5.53. The first kappa shape index (κ1) is 13.2. The molecule has 0 bridgehead atoms. The van der Waals surface area contributed by atoms with Gasteiger partial charge < -0.3 is 0 Å². The Morgan fingerprint density at radius 1 is 1.50 bits per heavy atom. The summed E-state index contributed by atoms with van der Waals surface area (Å²) in [5.41, 5.74) is -0.956. The second-order valence-corrected chi connectivity index (χ2v) is 2.97. The van der Waals surface area contributed by atoms with Crippen LogP contribution in [0.1, 0.15) is 19.8 Å². The highest BCUT2D eigenvalue weighted by atomic mass is 35.5. The molecule has 1 nitrogen and oxygen atoms in total. The third-order valence-electron chi connectivity index (χ3n) is 1.40. The van der Waals surface area contributed by atoms with E-state index < -0.39 is 11.7 Å². The zero-order valence-corrected chi connectivity index (χ0v) is 8.49. The lowest BCUT2D eigenvalue weighted by Gasteiger charge is -2.09. The van der Waals surface area contributed by atoms with E-state index in [4.69, 9.17) is 11.6 Å². The summed E-state index contributed by atoms with van der Waals surface area (Å²) in [7, 11) is 0. The summed E-state index contributed by atoms with van der Waals surface area (Å²) in [5, 5.41) is -0.327. The highest BCUT2D eigenvalue weighted by Crippen LogP contribution is 2.33. The third kappa shape index (κ3) is 4.46. The van der Waals surface area contributed by atoms with E-state index in [1.807, 2.05) is 6.92 Å². The second-order valence-electron chi connectivity index (χ2n) is 2.56. The van der Waals surface area contributed by atoms with Gasteiger partial charge in [-0.3, -0.25) is 4.99 Å². The van der Waals surface area contributed by atoms with E-state index in [1.54, 1.807) is 0 Å². The third-order valence-corrected chi connectivity index (χ3v) is 1.75. The molecule has 0 N–H and O–H groups in total. The van der Waals surface area contributed by atoms with Crippen molar-refractivity contribution in [2.45, 2.75) is 25.9 Å². The number of nitrogens with zero attached hydrogens (tertiary/aromatic N) is 1. The molecule has 0 aliphatic carbocycles. The van der Waals surface area contributed by atoms with E-state index in [0.717, 1.165) is 6.42 Å². The van der Waals surface area contributed by atoms with Crippen LogP contribution >= 0.6 is 11.6 Å². The fourth-order valence-corrected chi connectivity index (χ4v) is 1.01. The summed E-state index contributed by atoms with van der Waals surface area (Å²) >= 11 is 5.47. The molecule has 0 aromatic rings. The van der Waals surface area contributed by atoms with Crippen LogP contribution in [0.2, 0.25) is 0 Å². The van der Waals surface area contributed by atoms with Gasteiger partial charge in [-0.25, -0.2) is 0 Å². The minimum Gasteiger partial charge on any atom is -0.272 e. The van der Waals surface area contributed by atoms with Crippen LogP contribution in [0.15, 0.2) is 27.9 Å². The topological polar surface area (TPSA) is 12.4 Å². The maximum Gasteiger partial charge on any atom is 0.419 e. The van der Waals surface area contributed by atoms with Crippen molar-refractivity contribution >= 4 is 18.3 Å². The van der Waals surface area contributed by atoms with Crippen LogP contribution in [0, 0.1) is 0 Å². The van der Waals surface area contributed by atoms with Crippen molar-refractivity contribution in [3.8, 4) is 0 Å². The summed E-state index contributed by atoms with van der Waals surface area (Å²) in [6.45, 7) is 4.82. The van der Waals surface area contributed by atoms with Gasteiger partial charge in [-0.15, -0.1) is 0 Å². The van der Waals surface area contributed by atoms with Gasteiger partial charge in [0.25, 0.3) is 0 Å². The summed E-state index contributed by atoms with van der Waals surface area (Å²) in [5.74, 6) is 0. The van der Waals surface area contributed by atoms with Gasteiger partial charge in [-0.2, -0.15) is 13.2 Å². The molecule has 0 aliphatic heterocycles. The molecule has 0 saturated heterocycles. The van der Waals surface area contributed by atoms with Crippen molar-refractivity contribution in [1.29, 1.82) is 0 Å². The van der Waals surface area contributed by atoms with Crippen molar-refractivity contribution < 1.29 is 13.2 Å². The molecule has 0 aromatic carbocycles. The predicted molar refractivity (Wildman–Crippen MR) is 52.5 cm³/mol. The molecule has 0 heterocycles. The molecule has 0 aliphatic rings. The van der Waals surface area contributed by atoms with Gasteiger partial charge >= 0.3 is 6.18 Å². The number of hydrogen-bond acceptors (Lipinski definition) is 1. The average Bonchev–Trinajstić information content (AvgIpc) is 2.08. The van der Waals surface area contributed by atoms with Crippen LogP contribution in [-0.4, -0.2) is 12.9 Å². The Labute approximate surface area is 86.0 Å². The molecule has 0 rings (SSSR count). The maximum atomic E-state index is 12.3. The van der Waals surface area contributed by atoms with Crippen molar-refractivity contribution in [1.82, 2.24) is 0 Å². The minimum absolute atomic E-state index is 0.327. The van der Waals surface area contributed by atoms with Crippen LogP contribution in [0.3, 0.4) is 0 Å². The molecule has 14 heavy (non-hydrogen) atoms. The van der Waals surface area contributed by atoms with Gasteiger partial charge in [0.15, 0.2) is 0 Å². The summed E-state index contributed by atoms with van der Waals surface area (Å²) in [4.78, 5) is 3.07. The Hall–Kier alpha value is -0.770. The van der Waals surface area contributed by atoms with Crippen LogP contribution in [0.5, 0.6) is 0 Å². The van der Waals surface area contributed by atoms with Crippen molar-refractivity contribution in [2.75, 3.05) is 0 Å². The van der Waals surface area contributed by atoms with Gasteiger partial charge in [0.05, 0.1) is 10.6 Å². The average molecular weight is 226 g/mol. The standard InChI is InChI=1S/C9H11ClF3N/c1-3-4-5-8(10)7(6-14-2)9(11,12)13/h5-6H,2-4H2,1H3/b7-6+,8-5-. The SMILES string of the molecule is C=N/C=C(\C(Cl)=C\CCC)C(F)(F)F. The largest absolute Gasteiger partial charge is 0.419 e. The quantitative estimate of drug-likeness (QED) is 0.506. The molecule has 0 spiro atoms. The van der Waals surface area contributed by atoms with E-state index in [9.17, 15) is 13.2 Å². The van der Waals surface area contributed by atoms with E-state index in [-0.39, 0.29) is 5.03 Å². The monoisotopic (exact) mass is 225 g/mol. The molecule has 0 radical (unpaired) electrons. The van der Waals surface area contributed by atoms with Gasteiger partial charge in [0.1, 0.15) is 0 Å². The number of rotatable bonds is 4. The molecule has 0 saturated carbocycles. The number of aliphatic imine (C=N–C) groups is 1. The van der Waals surface area contributed by atoms with Crippen LogP contribution < -0.4 is 0 Å². The van der Waals surface area contributed by atoms with E-state index in [2.05, 4.69) is 11.7 Å². The highest BCUT2D eigenvalue weighted by molar-refractivity contribution is 6.32. The minimum atomic E-state index is -4.48. The van der Waals surface area contributed by atoms with E-state index in [1.165, 1.54) is 6.08 Å². The van der Waals surface area contributed by atoms with Gasteiger partial charge in [-0.05, 0) is 13.1 Å². The highest BCUT2D eigenvalue weighted by Gasteiger charge is 2.35. The van der Waals surface area contributed by atoms with Gasteiger partial charge in [-0.1, -0.05) is 31.0 Å². The smallest absolute Gasteiger partial charge is 0.272 e. The molecule has 0 aromatic heterocycles. The number of halogens is 4. The lowest BCUT2D eigenvalue weighted by molar-refractivity contribution is -0.0888. The lowest BCUT2D eigenvalue weighted by Crippen LogP contribution is -2.12. The molecule has 0 amide bonds. The summed E-state index contributed by atoms with van der Waals surface area (Å²) in [6, 6.07) is 0. The first-order chi connectivity index (χ1) is 6.43. The zero-order chi connectivity index (χ0) is 11.2. The van der Waals surface area contributed by atoms with Crippen LogP contribution in [0.25, 0.3) is 0 Å². The predicted octanol–water partition coefficient (Wildman–Crippen LogP) is 4.06. The number of allylic oxidation sites excluding steroid dienone is 3. The second kappa shape index (κ2) is 5.86. The molecule has 80 valence electrons. The molecular formula is C9H11ClF3N. The summed E-state index contributed by atoms with van der Waals surface area (Å²) in [6.07, 6.45) is -1.30. The summed E-state index contributed by atoms with van der Waals surface area (Å²) < 4.78 is 36.9. The molecule has 5 heteroatoms. The molecule has 0 fully saturated rings. The van der Waals surface area contributed by atoms with E-state index >= 15 is 0 Å². The fraction of sp³-hybridized carbons (Fsp3) is 0.444. The number of unbranched alkanes of at least 4 members (excludes halogenated alkanes) is 1. The molecule has 0 unspecified atom stereocenters. The van der Waals surface area contributed by atoms with Crippen LogP contribution in [0.4, 0.5) is 13.2 Å². The first-order valence-electron chi connectivity index (χ1n) is 4.02. The normalized spacial score (nSPS) is 14.4. The number of alkyl halides is 3.